The molecule has 1 rings (SSSR count). The summed E-state index contributed by atoms with van der Waals surface area (Å²) in [5.41, 5.74) is 1.16. The first-order valence-corrected chi connectivity index (χ1v) is 6.87. The standard InChI is InChI=1S/C12H23N3S/c1-5-6-15(4)12-14-11(9-16-12)8-13-7-10(2)3/h9-10,13H,5-8H2,1-4H3. The maximum Gasteiger partial charge on any atom is 0.185 e. The van der Waals surface area contributed by atoms with Gasteiger partial charge in [-0.2, -0.15) is 0 Å². The number of anilines is 1. The number of nitrogens with one attached hydrogen (secondary N) is 1. The molecule has 1 aromatic heterocycles. The first-order chi connectivity index (χ1) is 7.63. The fraction of sp³-hybridized carbons (Fsp3) is 0.750. The number of nitrogens with zero attached hydrogens (tertiary/aromatic N) is 2. The topological polar surface area (TPSA) is 28.2 Å². The third-order valence-electron chi connectivity index (χ3n) is 2.28. The fourth-order valence-electron chi connectivity index (χ4n) is 1.47. The Labute approximate surface area is 103 Å². The minimum Gasteiger partial charge on any atom is -0.351 e. The highest BCUT2D eigenvalue weighted by molar-refractivity contribution is 7.13. The monoisotopic (exact) mass is 241 g/mol. The molecule has 1 aromatic rings. The summed E-state index contributed by atoms with van der Waals surface area (Å²) < 4.78 is 0. The van der Waals surface area contributed by atoms with Gasteiger partial charge in [0.25, 0.3) is 0 Å². The lowest BCUT2D eigenvalue weighted by Crippen LogP contribution is -2.20. The molecule has 1 heterocycles. The third kappa shape index (κ3) is 4.49. The lowest BCUT2D eigenvalue weighted by Gasteiger charge is -2.13. The molecule has 0 radical (unpaired) electrons. The summed E-state index contributed by atoms with van der Waals surface area (Å²) in [6.07, 6.45) is 1.16. The van der Waals surface area contributed by atoms with Crippen molar-refractivity contribution in [3.63, 3.8) is 0 Å². The van der Waals surface area contributed by atoms with E-state index in [1.165, 1.54) is 0 Å². The quantitative estimate of drug-likeness (QED) is 0.795. The van der Waals surface area contributed by atoms with Gasteiger partial charge in [0.05, 0.1) is 5.69 Å². The minimum atomic E-state index is 0.695. The van der Waals surface area contributed by atoms with E-state index >= 15 is 0 Å². The van der Waals surface area contributed by atoms with Crippen LogP contribution >= 0.6 is 11.3 Å². The average molecular weight is 241 g/mol. The van der Waals surface area contributed by atoms with Crippen LogP contribution in [-0.2, 0) is 6.54 Å². The van der Waals surface area contributed by atoms with Crippen LogP contribution in [0.4, 0.5) is 5.13 Å². The molecule has 0 aliphatic carbocycles. The van der Waals surface area contributed by atoms with Gasteiger partial charge in [-0.15, -0.1) is 11.3 Å². The van der Waals surface area contributed by atoms with E-state index in [-0.39, 0.29) is 0 Å². The Morgan fingerprint density at radius 2 is 2.25 bits per heavy atom. The molecule has 0 fully saturated rings. The molecule has 0 unspecified atom stereocenters. The van der Waals surface area contributed by atoms with Gasteiger partial charge in [-0.3, -0.25) is 0 Å². The third-order valence-corrected chi connectivity index (χ3v) is 3.29. The van der Waals surface area contributed by atoms with Crippen molar-refractivity contribution in [3.05, 3.63) is 11.1 Å². The van der Waals surface area contributed by atoms with Crippen LogP contribution < -0.4 is 10.2 Å². The van der Waals surface area contributed by atoms with Crippen molar-refractivity contribution in [2.45, 2.75) is 33.7 Å². The average Bonchev–Trinajstić information content (AvgIpc) is 2.66. The number of rotatable bonds is 7. The van der Waals surface area contributed by atoms with Gasteiger partial charge in [0.15, 0.2) is 5.13 Å². The van der Waals surface area contributed by atoms with E-state index in [1.807, 2.05) is 0 Å². The molecule has 0 saturated heterocycles. The van der Waals surface area contributed by atoms with Gasteiger partial charge < -0.3 is 10.2 Å². The normalized spacial score (nSPS) is 11.1. The molecule has 16 heavy (non-hydrogen) atoms. The second kappa shape index (κ2) is 6.86. The van der Waals surface area contributed by atoms with Gasteiger partial charge >= 0.3 is 0 Å². The predicted molar refractivity (Wildman–Crippen MR) is 72.2 cm³/mol. The summed E-state index contributed by atoms with van der Waals surface area (Å²) in [7, 11) is 2.10. The summed E-state index contributed by atoms with van der Waals surface area (Å²) in [5.74, 6) is 0.695. The maximum absolute atomic E-state index is 4.61. The Bertz CT molecular complexity index is 296. The van der Waals surface area contributed by atoms with E-state index in [0.29, 0.717) is 5.92 Å². The highest BCUT2D eigenvalue weighted by Gasteiger charge is 2.05. The molecule has 0 spiro atoms. The fourth-order valence-corrected chi connectivity index (χ4v) is 2.29. The Morgan fingerprint density at radius 3 is 2.88 bits per heavy atom. The summed E-state index contributed by atoms with van der Waals surface area (Å²) in [6.45, 7) is 9.64. The van der Waals surface area contributed by atoms with Crippen LogP contribution in [0.2, 0.25) is 0 Å². The molecule has 0 saturated carbocycles. The van der Waals surface area contributed by atoms with E-state index in [1.54, 1.807) is 11.3 Å². The Kier molecular flexibility index (Phi) is 5.77. The van der Waals surface area contributed by atoms with Crippen molar-refractivity contribution >= 4 is 16.5 Å². The summed E-state index contributed by atoms with van der Waals surface area (Å²) >= 11 is 1.73. The minimum absolute atomic E-state index is 0.695. The zero-order valence-electron chi connectivity index (χ0n) is 10.8. The van der Waals surface area contributed by atoms with Crippen LogP contribution in [0, 0.1) is 5.92 Å². The van der Waals surface area contributed by atoms with E-state index in [9.17, 15) is 0 Å². The van der Waals surface area contributed by atoms with Crippen LogP contribution in [-0.4, -0.2) is 25.1 Å². The molecule has 0 aromatic carbocycles. The van der Waals surface area contributed by atoms with Crippen LogP contribution in [0.1, 0.15) is 32.9 Å². The van der Waals surface area contributed by atoms with Crippen LogP contribution in [0.25, 0.3) is 0 Å². The van der Waals surface area contributed by atoms with Crippen molar-refractivity contribution in [3.8, 4) is 0 Å². The largest absolute Gasteiger partial charge is 0.351 e. The maximum atomic E-state index is 4.61. The first kappa shape index (κ1) is 13.5. The Morgan fingerprint density at radius 1 is 1.50 bits per heavy atom. The second-order valence-electron chi connectivity index (χ2n) is 4.57. The highest BCUT2D eigenvalue weighted by atomic mass is 32.1. The molecule has 0 aliphatic rings. The van der Waals surface area contributed by atoms with E-state index in [0.717, 1.165) is 36.9 Å². The molecule has 3 nitrogen and oxygen atoms in total. The smallest absolute Gasteiger partial charge is 0.185 e. The van der Waals surface area contributed by atoms with E-state index in [4.69, 9.17) is 0 Å². The Hall–Kier alpha value is -0.610. The molecule has 1 N–H and O–H groups in total. The molecule has 0 amide bonds. The van der Waals surface area contributed by atoms with Gasteiger partial charge in [-0.25, -0.2) is 4.98 Å². The molecular formula is C12H23N3S. The summed E-state index contributed by atoms with van der Waals surface area (Å²) in [5, 5.41) is 6.69. The van der Waals surface area contributed by atoms with Crippen molar-refractivity contribution in [2.24, 2.45) is 5.92 Å². The van der Waals surface area contributed by atoms with Crippen LogP contribution in [0.15, 0.2) is 5.38 Å². The van der Waals surface area contributed by atoms with E-state index < -0.39 is 0 Å². The van der Waals surface area contributed by atoms with E-state index in [2.05, 4.69) is 48.4 Å². The van der Waals surface area contributed by atoms with Gasteiger partial charge in [0.2, 0.25) is 0 Å². The molecule has 0 aliphatic heterocycles. The van der Waals surface area contributed by atoms with Gasteiger partial charge in [0, 0.05) is 25.5 Å². The van der Waals surface area contributed by atoms with Crippen LogP contribution in [0.5, 0.6) is 0 Å². The van der Waals surface area contributed by atoms with Crippen molar-refractivity contribution in [1.29, 1.82) is 0 Å². The first-order valence-electron chi connectivity index (χ1n) is 5.99. The lowest BCUT2D eigenvalue weighted by atomic mass is 10.2. The van der Waals surface area contributed by atoms with Crippen molar-refractivity contribution in [2.75, 3.05) is 25.0 Å². The Balaban J connectivity index is 2.39. The SMILES string of the molecule is CCCN(C)c1nc(CNCC(C)C)cs1. The molecule has 0 atom stereocenters. The summed E-state index contributed by atoms with van der Waals surface area (Å²) in [4.78, 5) is 6.83. The highest BCUT2D eigenvalue weighted by Crippen LogP contribution is 2.19. The predicted octanol–water partition coefficient (Wildman–Crippen LogP) is 2.73. The number of thiazole rings is 1. The van der Waals surface area contributed by atoms with Crippen molar-refractivity contribution in [1.82, 2.24) is 10.3 Å². The van der Waals surface area contributed by atoms with Gasteiger partial charge in [-0.05, 0) is 18.9 Å². The second-order valence-corrected chi connectivity index (χ2v) is 5.40. The molecule has 0 bridgehead atoms. The lowest BCUT2D eigenvalue weighted by molar-refractivity contribution is 0.549. The zero-order chi connectivity index (χ0) is 12.0. The molecular weight excluding hydrogens is 218 g/mol. The van der Waals surface area contributed by atoms with Crippen molar-refractivity contribution < 1.29 is 0 Å². The summed E-state index contributed by atoms with van der Waals surface area (Å²) in [6, 6.07) is 0. The van der Waals surface area contributed by atoms with Gasteiger partial charge in [0.1, 0.15) is 0 Å². The number of hydrogen-bond donors (Lipinski definition) is 1. The number of hydrogen-bond acceptors (Lipinski definition) is 4. The zero-order valence-corrected chi connectivity index (χ0v) is 11.6. The van der Waals surface area contributed by atoms with Crippen LogP contribution in [0.3, 0.4) is 0 Å². The van der Waals surface area contributed by atoms with Gasteiger partial charge in [-0.1, -0.05) is 20.8 Å². The molecule has 4 heteroatoms. The molecule has 92 valence electrons. The number of aromatic nitrogens is 1.